The van der Waals surface area contributed by atoms with Crippen LogP contribution in [-0.2, 0) is 17.4 Å². The van der Waals surface area contributed by atoms with Gasteiger partial charge in [-0.25, -0.2) is 9.97 Å². The minimum atomic E-state index is -4.56. The first kappa shape index (κ1) is 20.8. The van der Waals surface area contributed by atoms with Crippen molar-refractivity contribution in [2.24, 2.45) is 0 Å². The molecule has 2 heterocycles. The fourth-order valence-electron chi connectivity index (χ4n) is 3.60. The first-order valence-corrected chi connectivity index (χ1v) is 9.36. The second-order valence-electron chi connectivity index (χ2n) is 6.95. The Balaban J connectivity index is 1.69. The van der Waals surface area contributed by atoms with Gasteiger partial charge < -0.3 is 9.61 Å². The summed E-state index contributed by atoms with van der Waals surface area (Å²) in [5, 5.41) is -0.579. The second-order valence-corrected chi connectivity index (χ2v) is 7.31. The summed E-state index contributed by atoms with van der Waals surface area (Å²) in [6.45, 7) is 3.73. The molecule has 1 saturated heterocycles. The van der Waals surface area contributed by atoms with Crippen LogP contribution in [0.25, 0.3) is 0 Å². The van der Waals surface area contributed by atoms with E-state index in [1.54, 1.807) is 7.41 Å². The standard InChI is InChI=1S/C19H19BClF3N3O/c1-12-8-13(9-17-25-10-16(18(21)26-17)19(22,23)24)2-3-15(12)14-4-6-27(7-5-14)20-11-28/h2-3,8,10-11,14H,4-7,9H2,1H3. The number of rotatable bonds is 5. The van der Waals surface area contributed by atoms with Gasteiger partial charge in [-0.05, 0) is 55.5 Å². The maximum atomic E-state index is 12.8. The summed E-state index contributed by atoms with van der Waals surface area (Å²) < 4.78 is 38.3. The van der Waals surface area contributed by atoms with Gasteiger partial charge >= 0.3 is 6.18 Å². The molecule has 28 heavy (non-hydrogen) atoms. The summed E-state index contributed by atoms with van der Waals surface area (Å²) in [6, 6.07) is 6.05. The van der Waals surface area contributed by atoms with Crippen molar-refractivity contribution >= 4 is 25.2 Å². The topological polar surface area (TPSA) is 46.1 Å². The smallest absolute Gasteiger partial charge is 0.340 e. The van der Waals surface area contributed by atoms with Crippen molar-refractivity contribution in [3.63, 3.8) is 0 Å². The van der Waals surface area contributed by atoms with Gasteiger partial charge in [0, 0.05) is 12.6 Å². The van der Waals surface area contributed by atoms with Crippen molar-refractivity contribution < 1.29 is 18.0 Å². The highest BCUT2D eigenvalue weighted by molar-refractivity contribution is 6.64. The van der Waals surface area contributed by atoms with Crippen LogP contribution in [0, 0.1) is 6.92 Å². The van der Waals surface area contributed by atoms with Gasteiger partial charge in [-0.15, -0.1) is 0 Å². The minimum Gasteiger partial charge on any atom is -0.340 e. The van der Waals surface area contributed by atoms with Crippen molar-refractivity contribution in [1.82, 2.24) is 14.8 Å². The molecule has 0 spiro atoms. The number of aromatic nitrogens is 2. The molecule has 1 aliphatic rings. The summed E-state index contributed by atoms with van der Waals surface area (Å²) in [4.78, 5) is 20.2. The lowest BCUT2D eigenvalue weighted by atomic mass is 9.82. The van der Waals surface area contributed by atoms with E-state index < -0.39 is 16.9 Å². The van der Waals surface area contributed by atoms with E-state index in [2.05, 4.69) is 16.0 Å². The highest BCUT2D eigenvalue weighted by Crippen LogP contribution is 2.33. The number of alkyl halides is 3. The summed E-state index contributed by atoms with van der Waals surface area (Å²) >= 11 is 5.67. The van der Waals surface area contributed by atoms with Crippen LogP contribution in [0.5, 0.6) is 0 Å². The molecule has 1 aliphatic heterocycles. The summed E-state index contributed by atoms with van der Waals surface area (Å²) in [7, 11) is 1.58. The quantitative estimate of drug-likeness (QED) is 0.426. The van der Waals surface area contributed by atoms with Crippen LogP contribution in [-0.4, -0.2) is 41.5 Å². The van der Waals surface area contributed by atoms with Crippen LogP contribution in [0.4, 0.5) is 13.2 Å². The average Bonchev–Trinajstić information content (AvgIpc) is 2.62. The van der Waals surface area contributed by atoms with Gasteiger partial charge in [0.05, 0.1) is 6.19 Å². The summed E-state index contributed by atoms with van der Waals surface area (Å²) in [5.41, 5.74) is 2.29. The van der Waals surface area contributed by atoms with Gasteiger partial charge in [-0.3, -0.25) is 0 Å². The molecule has 0 N–H and O–H groups in total. The van der Waals surface area contributed by atoms with Crippen LogP contribution in [0.15, 0.2) is 24.4 Å². The second kappa shape index (κ2) is 8.61. The van der Waals surface area contributed by atoms with E-state index in [1.807, 2.05) is 23.9 Å². The number of hydrogen-bond donors (Lipinski definition) is 0. The Morgan fingerprint density at radius 1 is 1.32 bits per heavy atom. The van der Waals surface area contributed by atoms with Crippen LogP contribution < -0.4 is 0 Å². The van der Waals surface area contributed by atoms with Gasteiger partial charge in [0.1, 0.15) is 16.5 Å². The Morgan fingerprint density at radius 3 is 2.61 bits per heavy atom. The third-order valence-electron chi connectivity index (χ3n) is 5.04. The molecule has 2 aromatic rings. The molecule has 0 bridgehead atoms. The Hall–Kier alpha value is -1.93. The van der Waals surface area contributed by atoms with E-state index in [0.29, 0.717) is 12.3 Å². The highest BCUT2D eigenvalue weighted by atomic mass is 35.5. The Bertz CT molecular complexity index is 855. The van der Waals surface area contributed by atoms with Gasteiger partial charge in [-0.1, -0.05) is 29.8 Å². The fraction of sp³-hybridized carbons (Fsp3) is 0.421. The molecule has 0 aliphatic carbocycles. The van der Waals surface area contributed by atoms with Gasteiger partial charge in [-0.2, -0.15) is 13.2 Å². The number of carbonyl (C=O) groups excluding carboxylic acids is 1. The van der Waals surface area contributed by atoms with Crippen LogP contribution in [0.1, 0.15) is 46.8 Å². The van der Waals surface area contributed by atoms with Crippen molar-refractivity contribution in [3.8, 4) is 0 Å². The number of aryl methyl sites for hydroxylation is 1. The van der Waals surface area contributed by atoms with E-state index >= 15 is 0 Å². The molecule has 147 valence electrons. The first-order chi connectivity index (χ1) is 13.3. The van der Waals surface area contributed by atoms with Crippen LogP contribution >= 0.6 is 11.6 Å². The first-order valence-electron chi connectivity index (χ1n) is 8.98. The Kier molecular flexibility index (Phi) is 6.40. The number of halogens is 4. The lowest BCUT2D eigenvalue weighted by Gasteiger charge is -2.31. The highest BCUT2D eigenvalue weighted by Gasteiger charge is 2.34. The van der Waals surface area contributed by atoms with E-state index in [-0.39, 0.29) is 5.82 Å². The van der Waals surface area contributed by atoms with Crippen molar-refractivity contribution in [3.05, 3.63) is 57.6 Å². The lowest BCUT2D eigenvalue weighted by molar-refractivity contribution is -0.138. The normalized spacial score (nSPS) is 16.2. The zero-order valence-corrected chi connectivity index (χ0v) is 16.1. The molecule has 1 fully saturated rings. The molecular weight excluding hydrogens is 389 g/mol. The third-order valence-corrected chi connectivity index (χ3v) is 5.32. The molecule has 0 saturated carbocycles. The van der Waals surface area contributed by atoms with Crippen LogP contribution in [0.3, 0.4) is 0 Å². The third kappa shape index (κ3) is 4.91. The van der Waals surface area contributed by atoms with E-state index in [9.17, 15) is 18.0 Å². The van der Waals surface area contributed by atoms with Gasteiger partial charge in [0.25, 0.3) is 7.41 Å². The van der Waals surface area contributed by atoms with Crippen molar-refractivity contribution in [2.45, 2.75) is 38.3 Å². The predicted octanol–water partition coefficient (Wildman–Crippen LogP) is 4.04. The zero-order chi connectivity index (χ0) is 20.3. The summed E-state index contributed by atoms with van der Waals surface area (Å²) in [5.74, 6) is 0.685. The molecule has 9 heteroatoms. The molecule has 0 unspecified atom stereocenters. The van der Waals surface area contributed by atoms with Crippen molar-refractivity contribution in [2.75, 3.05) is 13.1 Å². The number of piperidine rings is 1. The molecule has 1 aromatic heterocycles. The average molecular weight is 409 g/mol. The Morgan fingerprint density at radius 2 is 2.04 bits per heavy atom. The molecule has 0 atom stereocenters. The maximum absolute atomic E-state index is 12.8. The molecule has 1 radical (unpaired) electrons. The number of carbonyl (C=O) groups is 1. The molecule has 3 rings (SSSR count). The molecule has 4 nitrogen and oxygen atoms in total. The Labute approximate surface area is 167 Å². The molecular formula is C19H19BClF3N3O. The maximum Gasteiger partial charge on any atom is 0.420 e. The molecule has 1 aromatic carbocycles. The number of nitrogens with zero attached hydrogens (tertiary/aromatic N) is 3. The SMILES string of the molecule is Cc1cc(Cc2ncc(C(F)(F)F)c(Cl)n2)ccc1C1CCN([B]C=O)CC1. The molecule has 0 amide bonds. The van der Waals surface area contributed by atoms with E-state index in [1.165, 1.54) is 5.56 Å². The van der Waals surface area contributed by atoms with E-state index in [4.69, 9.17) is 11.6 Å². The fourth-order valence-corrected chi connectivity index (χ4v) is 3.86. The number of hydrogen-bond acceptors (Lipinski definition) is 4. The van der Waals surface area contributed by atoms with Crippen LogP contribution in [0.2, 0.25) is 5.15 Å². The lowest BCUT2D eigenvalue weighted by Crippen LogP contribution is -2.36. The van der Waals surface area contributed by atoms with Gasteiger partial charge in [0.2, 0.25) is 0 Å². The minimum absolute atomic E-state index is 0.253. The monoisotopic (exact) mass is 408 g/mol. The van der Waals surface area contributed by atoms with E-state index in [0.717, 1.165) is 49.4 Å². The zero-order valence-electron chi connectivity index (χ0n) is 15.3. The number of benzene rings is 1. The van der Waals surface area contributed by atoms with Crippen molar-refractivity contribution in [1.29, 1.82) is 0 Å². The largest absolute Gasteiger partial charge is 0.420 e. The predicted molar refractivity (Wildman–Crippen MR) is 102 cm³/mol. The summed E-state index contributed by atoms with van der Waals surface area (Å²) in [6.07, 6.45) is -0.755. The van der Waals surface area contributed by atoms with Gasteiger partial charge in [0.15, 0.2) is 0 Å².